The van der Waals surface area contributed by atoms with E-state index in [0.29, 0.717) is 31.5 Å². The number of aromatic nitrogens is 4. The van der Waals surface area contributed by atoms with Crippen molar-refractivity contribution in [1.29, 1.82) is 0 Å². The Balaban J connectivity index is 1.49. The minimum Gasteiger partial charge on any atom is -0.306 e. The quantitative estimate of drug-likeness (QED) is 0.429. The Morgan fingerprint density at radius 3 is 2.53 bits per heavy atom. The van der Waals surface area contributed by atoms with Gasteiger partial charge >= 0.3 is 6.18 Å². The van der Waals surface area contributed by atoms with Crippen LogP contribution in [0.5, 0.6) is 0 Å². The number of alkyl halides is 3. The molecular formula is C21H20ClF4N5O. The number of nitrogens with one attached hydrogen (secondary N) is 1. The second kappa shape index (κ2) is 8.93. The molecular weight excluding hydrogens is 450 g/mol. The van der Waals surface area contributed by atoms with Crippen LogP contribution in [0.15, 0.2) is 30.5 Å². The molecule has 1 aliphatic rings. The van der Waals surface area contributed by atoms with Crippen LogP contribution in [0.1, 0.15) is 41.8 Å². The summed E-state index contributed by atoms with van der Waals surface area (Å²) >= 11 is 6.16. The van der Waals surface area contributed by atoms with Gasteiger partial charge in [-0.3, -0.25) is 14.2 Å². The van der Waals surface area contributed by atoms with Crippen LogP contribution in [0.3, 0.4) is 0 Å². The van der Waals surface area contributed by atoms with E-state index in [2.05, 4.69) is 15.5 Å². The lowest BCUT2D eigenvalue weighted by atomic mass is 10.1. The Hall–Kier alpha value is -2.88. The number of carbonyl (C=O) groups excluding carboxylic acids is 1. The predicted molar refractivity (Wildman–Crippen MR) is 110 cm³/mol. The van der Waals surface area contributed by atoms with E-state index in [0.717, 1.165) is 23.1 Å². The maximum atomic E-state index is 13.4. The normalized spacial score (nSPS) is 14.2. The van der Waals surface area contributed by atoms with Crippen molar-refractivity contribution >= 4 is 23.3 Å². The van der Waals surface area contributed by atoms with Crippen LogP contribution in [0.2, 0.25) is 5.02 Å². The van der Waals surface area contributed by atoms with Gasteiger partial charge in [-0.2, -0.15) is 23.4 Å². The van der Waals surface area contributed by atoms with Crippen molar-refractivity contribution in [2.45, 2.75) is 51.4 Å². The zero-order valence-electron chi connectivity index (χ0n) is 16.9. The van der Waals surface area contributed by atoms with Crippen molar-refractivity contribution in [2.24, 2.45) is 0 Å². The molecule has 2 aromatic heterocycles. The molecule has 0 unspecified atom stereocenters. The minimum atomic E-state index is -4.57. The number of benzene rings is 1. The Morgan fingerprint density at radius 2 is 1.81 bits per heavy atom. The molecule has 3 aromatic rings. The van der Waals surface area contributed by atoms with Crippen molar-refractivity contribution < 1.29 is 22.4 Å². The first kappa shape index (κ1) is 22.3. The fraction of sp³-hybridized carbons (Fsp3) is 0.381. The van der Waals surface area contributed by atoms with E-state index >= 15 is 0 Å². The summed E-state index contributed by atoms with van der Waals surface area (Å²) in [5, 5.41) is 10.6. The van der Waals surface area contributed by atoms with Gasteiger partial charge in [0.25, 0.3) is 0 Å². The molecule has 0 spiro atoms. The molecule has 0 aliphatic heterocycles. The molecule has 1 amide bonds. The number of nitrogens with zero attached hydrogens (tertiary/aromatic N) is 4. The lowest BCUT2D eigenvalue weighted by Crippen LogP contribution is -2.22. The average molecular weight is 470 g/mol. The molecule has 0 atom stereocenters. The van der Waals surface area contributed by atoms with Crippen LogP contribution < -0.4 is 5.32 Å². The average Bonchev–Trinajstić information content (AvgIpc) is 3.12. The minimum absolute atomic E-state index is 0.0908. The molecule has 4 rings (SSSR count). The maximum Gasteiger partial charge on any atom is 0.435 e. The fourth-order valence-electron chi connectivity index (χ4n) is 3.85. The highest BCUT2D eigenvalue weighted by molar-refractivity contribution is 6.33. The van der Waals surface area contributed by atoms with Gasteiger partial charge in [0.15, 0.2) is 11.5 Å². The monoisotopic (exact) mass is 469 g/mol. The van der Waals surface area contributed by atoms with E-state index < -0.39 is 17.8 Å². The summed E-state index contributed by atoms with van der Waals surface area (Å²) in [6.07, 6.45) is -0.0868. The van der Waals surface area contributed by atoms with E-state index in [4.69, 9.17) is 11.6 Å². The first-order valence-corrected chi connectivity index (χ1v) is 10.5. The van der Waals surface area contributed by atoms with Crippen LogP contribution in [0.4, 0.5) is 23.4 Å². The highest BCUT2D eigenvalue weighted by Gasteiger charge is 2.39. The summed E-state index contributed by atoms with van der Waals surface area (Å²) in [5.41, 5.74) is 0.508. The molecule has 6 nitrogen and oxygen atoms in total. The number of carbonyl (C=O) groups is 1. The van der Waals surface area contributed by atoms with E-state index in [1.807, 2.05) is 0 Å². The number of amides is 1. The van der Waals surface area contributed by atoms with E-state index in [9.17, 15) is 22.4 Å². The molecule has 0 fully saturated rings. The van der Waals surface area contributed by atoms with Crippen molar-refractivity contribution in [2.75, 3.05) is 5.32 Å². The Morgan fingerprint density at radius 1 is 1.09 bits per heavy atom. The number of anilines is 1. The maximum absolute atomic E-state index is 13.4. The van der Waals surface area contributed by atoms with Crippen molar-refractivity contribution in [3.05, 3.63) is 63.8 Å². The second-order valence-electron chi connectivity index (χ2n) is 7.69. The molecule has 0 radical (unpaired) electrons. The molecule has 2 heterocycles. The standard InChI is InChI=1S/C21H20ClF4N5O/c22-16-11-30(10-13-6-8-14(23)9-7-13)29-20(16)27-18(32)12-31-17-5-3-1-2-4-15(17)19(28-31)21(24,25)26/h6-9,11H,1-5,10,12H2,(H,27,29,32). The molecule has 0 bridgehead atoms. The first-order chi connectivity index (χ1) is 15.2. The molecule has 170 valence electrons. The number of fused-ring (bicyclic) bond motifs is 1. The number of halogens is 5. The van der Waals surface area contributed by atoms with Crippen LogP contribution in [0.25, 0.3) is 0 Å². The van der Waals surface area contributed by atoms with Gasteiger partial charge in [0.1, 0.15) is 17.4 Å². The zero-order chi connectivity index (χ0) is 22.9. The molecule has 32 heavy (non-hydrogen) atoms. The summed E-state index contributed by atoms with van der Waals surface area (Å²) in [5.74, 6) is -0.847. The van der Waals surface area contributed by atoms with Crippen LogP contribution in [-0.4, -0.2) is 25.5 Å². The van der Waals surface area contributed by atoms with Crippen LogP contribution >= 0.6 is 11.6 Å². The lowest BCUT2D eigenvalue weighted by molar-refractivity contribution is -0.142. The van der Waals surface area contributed by atoms with E-state index in [1.54, 1.807) is 12.1 Å². The summed E-state index contributed by atoms with van der Waals surface area (Å²) in [6, 6.07) is 5.85. The smallest absolute Gasteiger partial charge is 0.306 e. The van der Waals surface area contributed by atoms with E-state index in [1.165, 1.54) is 23.0 Å². The van der Waals surface area contributed by atoms with E-state index in [-0.39, 0.29) is 28.8 Å². The van der Waals surface area contributed by atoms with Gasteiger partial charge in [0.2, 0.25) is 5.91 Å². The zero-order valence-corrected chi connectivity index (χ0v) is 17.7. The summed E-state index contributed by atoms with van der Waals surface area (Å²) in [6.45, 7) is -0.0724. The highest BCUT2D eigenvalue weighted by Crippen LogP contribution is 2.35. The van der Waals surface area contributed by atoms with Gasteiger partial charge in [0, 0.05) is 17.5 Å². The Bertz CT molecular complexity index is 1120. The third-order valence-electron chi connectivity index (χ3n) is 5.30. The molecule has 0 saturated carbocycles. The predicted octanol–water partition coefficient (Wildman–Crippen LogP) is 4.85. The third kappa shape index (κ3) is 4.95. The van der Waals surface area contributed by atoms with Gasteiger partial charge in [0.05, 0.1) is 6.54 Å². The highest BCUT2D eigenvalue weighted by atomic mass is 35.5. The van der Waals surface area contributed by atoms with Gasteiger partial charge < -0.3 is 5.32 Å². The lowest BCUT2D eigenvalue weighted by Gasteiger charge is -2.07. The van der Waals surface area contributed by atoms with Crippen molar-refractivity contribution in [1.82, 2.24) is 19.6 Å². The van der Waals surface area contributed by atoms with Gasteiger partial charge in [-0.05, 0) is 43.4 Å². The number of rotatable bonds is 5. The summed E-state index contributed by atoms with van der Waals surface area (Å²) in [4.78, 5) is 12.6. The molecule has 11 heteroatoms. The topological polar surface area (TPSA) is 64.7 Å². The summed E-state index contributed by atoms with van der Waals surface area (Å²) < 4.78 is 56.0. The summed E-state index contributed by atoms with van der Waals surface area (Å²) in [7, 11) is 0. The molecule has 0 saturated heterocycles. The van der Waals surface area contributed by atoms with Gasteiger partial charge in [-0.25, -0.2) is 4.39 Å². The Kier molecular flexibility index (Phi) is 6.23. The Labute approximate surface area is 186 Å². The third-order valence-corrected chi connectivity index (χ3v) is 5.58. The van der Waals surface area contributed by atoms with Crippen LogP contribution in [-0.2, 0) is 36.9 Å². The molecule has 1 aliphatic carbocycles. The van der Waals surface area contributed by atoms with Gasteiger partial charge in [-0.15, -0.1) is 0 Å². The first-order valence-electron chi connectivity index (χ1n) is 10.1. The van der Waals surface area contributed by atoms with Gasteiger partial charge in [-0.1, -0.05) is 30.2 Å². The number of hydrogen-bond donors (Lipinski definition) is 1. The fourth-order valence-corrected chi connectivity index (χ4v) is 4.05. The molecule has 1 N–H and O–H groups in total. The second-order valence-corrected chi connectivity index (χ2v) is 8.09. The van der Waals surface area contributed by atoms with Crippen molar-refractivity contribution in [3.8, 4) is 0 Å². The largest absolute Gasteiger partial charge is 0.435 e. The van der Waals surface area contributed by atoms with Crippen LogP contribution in [0, 0.1) is 5.82 Å². The molecule has 1 aromatic carbocycles. The van der Waals surface area contributed by atoms with Crippen molar-refractivity contribution in [3.63, 3.8) is 0 Å². The SMILES string of the molecule is O=C(Cn1nc(C(F)(F)F)c2c1CCCCC2)Nc1nn(Cc2ccc(F)cc2)cc1Cl. The number of hydrogen-bond acceptors (Lipinski definition) is 3.